The van der Waals surface area contributed by atoms with E-state index in [0.29, 0.717) is 11.6 Å². The highest BCUT2D eigenvalue weighted by Crippen LogP contribution is 2.23. The summed E-state index contributed by atoms with van der Waals surface area (Å²) in [5.41, 5.74) is 2.47. The molecule has 0 amide bonds. The molecule has 0 N–H and O–H groups in total. The number of imidazole rings is 1. The van der Waals surface area contributed by atoms with Crippen molar-refractivity contribution in [3.05, 3.63) is 129 Å². The molecule has 3 aromatic carbocycles. The molecular weight excluding hydrogens is 455 g/mol. The summed E-state index contributed by atoms with van der Waals surface area (Å²) in [6.45, 7) is 5.99. The molecule has 0 aliphatic rings. The van der Waals surface area contributed by atoms with Gasteiger partial charge in [-0.2, -0.15) is 0 Å². The lowest BCUT2D eigenvalue weighted by molar-refractivity contribution is 0.584. The zero-order valence-electron chi connectivity index (χ0n) is 20.4. The Morgan fingerprint density at radius 2 is 1.50 bits per heavy atom. The number of benzene rings is 3. The van der Waals surface area contributed by atoms with Crippen LogP contribution in [0.3, 0.4) is 0 Å². The van der Waals surface area contributed by atoms with Gasteiger partial charge in [-0.05, 0) is 42.2 Å². The SMILES string of the molecule is CC(C)c1ccc(-n2c(=O)n(Cc3ccccc3F)c(=O)c3c2ncn3[C@H](C)c2ccccc2)cc1. The quantitative estimate of drug-likeness (QED) is 0.331. The number of halogens is 1. The van der Waals surface area contributed by atoms with Crippen molar-refractivity contribution in [2.75, 3.05) is 0 Å². The van der Waals surface area contributed by atoms with Crippen LogP contribution in [0.25, 0.3) is 16.9 Å². The molecule has 0 unspecified atom stereocenters. The van der Waals surface area contributed by atoms with Crippen molar-refractivity contribution < 1.29 is 4.39 Å². The molecule has 0 radical (unpaired) electrons. The molecule has 182 valence electrons. The van der Waals surface area contributed by atoms with Crippen LogP contribution in [-0.4, -0.2) is 18.7 Å². The normalized spacial score (nSPS) is 12.4. The molecule has 0 bridgehead atoms. The van der Waals surface area contributed by atoms with Crippen molar-refractivity contribution >= 4 is 11.2 Å². The molecule has 7 heteroatoms. The fourth-order valence-corrected chi connectivity index (χ4v) is 4.51. The Balaban J connectivity index is 1.78. The Hall–Kier alpha value is -4.26. The summed E-state index contributed by atoms with van der Waals surface area (Å²) >= 11 is 0. The van der Waals surface area contributed by atoms with Crippen LogP contribution in [0, 0.1) is 5.82 Å². The molecule has 0 spiro atoms. The average Bonchev–Trinajstić information content (AvgIpc) is 3.33. The lowest BCUT2D eigenvalue weighted by Crippen LogP contribution is -2.40. The fourth-order valence-electron chi connectivity index (χ4n) is 4.51. The van der Waals surface area contributed by atoms with Gasteiger partial charge in [0.1, 0.15) is 5.82 Å². The number of hydrogen-bond donors (Lipinski definition) is 0. The Labute approximate surface area is 207 Å². The molecule has 0 saturated carbocycles. The minimum atomic E-state index is -0.564. The summed E-state index contributed by atoms with van der Waals surface area (Å²) in [6, 6.07) is 23.4. The largest absolute Gasteiger partial charge is 0.337 e. The number of hydrogen-bond acceptors (Lipinski definition) is 3. The molecule has 6 nitrogen and oxygen atoms in total. The van der Waals surface area contributed by atoms with Crippen LogP contribution in [-0.2, 0) is 6.54 Å². The van der Waals surface area contributed by atoms with E-state index in [4.69, 9.17) is 0 Å². The van der Waals surface area contributed by atoms with E-state index in [1.165, 1.54) is 10.6 Å². The van der Waals surface area contributed by atoms with E-state index in [9.17, 15) is 14.0 Å². The van der Waals surface area contributed by atoms with Gasteiger partial charge in [0.05, 0.1) is 24.6 Å². The maximum Gasteiger partial charge on any atom is 0.337 e. The van der Waals surface area contributed by atoms with Gasteiger partial charge in [0.15, 0.2) is 11.2 Å². The molecule has 2 aromatic heterocycles. The number of aromatic nitrogens is 4. The first-order valence-corrected chi connectivity index (χ1v) is 12.0. The molecule has 5 aromatic rings. The lowest BCUT2D eigenvalue weighted by atomic mass is 10.0. The van der Waals surface area contributed by atoms with E-state index in [1.807, 2.05) is 61.5 Å². The lowest BCUT2D eigenvalue weighted by Gasteiger charge is -2.17. The van der Waals surface area contributed by atoms with Crippen LogP contribution in [0.15, 0.2) is 94.8 Å². The van der Waals surface area contributed by atoms with Crippen LogP contribution in [0.4, 0.5) is 4.39 Å². The highest BCUT2D eigenvalue weighted by atomic mass is 19.1. The second-order valence-electron chi connectivity index (χ2n) is 9.26. The average molecular weight is 483 g/mol. The Kier molecular flexibility index (Phi) is 6.14. The number of rotatable bonds is 6. The van der Waals surface area contributed by atoms with Crippen LogP contribution in [0.5, 0.6) is 0 Å². The van der Waals surface area contributed by atoms with E-state index < -0.39 is 17.1 Å². The van der Waals surface area contributed by atoms with Gasteiger partial charge < -0.3 is 4.57 Å². The van der Waals surface area contributed by atoms with Gasteiger partial charge in [-0.3, -0.25) is 9.36 Å². The van der Waals surface area contributed by atoms with Gasteiger partial charge in [0.25, 0.3) is 5.56 Å². The Morgan fingerprint density at radius 1 is 0.833 bits per heavy atom. The summed E-state index contributed by atoms with van der Waals surface area (Å²) < 4.78 is 18.8. The maximum absolute atomic E-state index is 14.5. The summed E-state index contributed by atoms with van der Waals surface area (Å²) in [7, 11) is 0. The van der Waals surface area contributed by atoms with Gasteiger partial charge in [0, 0.05) is 5.56 Å². The minimum absolute atomic E-state index is 0.185. The fraction of sp³-hybridized carbons (Fsp3) is 0.207. The van der Waals surface area contributed by atoms with Gasteiger partial charge in [-0.1, -0.05) is 74.5 Å². The first-order chi connectivity index (χ1) is 17.4. The zero-order chi connectivity index (χ0) is 25.4. The van der Waals surface area contributed by atoms with Crippen molar-refractivity contribution in [2.45, 2.75) is 39.3 Å². The molecule has 0 saturated heterocycles. The minimum Gasteiger partial charge on any atom is -0.317 e. The molecule has 1 atom stereocenters. The van der Waals surface area contributed by atoms with Crippen LogP contribution < -0.4 is 11.2 Å². The van der Waals surface area contributed by atoms with Crippen molar-refractivity contribution in [3.63, 3.8) is 0 Å². The van der Waals surface area contributed by atoms with Gasteiger partial charge in [-0.15, -0.1) is 0 Å². The van der Waals surface area contributed by atoms with E-state index in [-0.39, 0.29) is 29.3 Å². The molecular formula is C29H27FN4O2. The third-order valence-electron chi connectivity index (χ3n) is 6.66. The first-order valence-electron chi connectivity index (χ1n) is 12.0. The predicted molar refractivity (Wildman–Crippen MR) is 139 cm³/mol. The highest BCUT2D eigenvalue weighted by Gasteiger charge is 2.22. The van der Waals surface area contributed by atoms with E-state index in [0.717, 1.165) is 15.7 Å². The maximum atomic E-state index is 14.5. The molecule has 2 heterocycles. The smallest absolute Gasteiger partial charge is 0.317 e. The van der Waals surface area contributed by atoms with Gasteiger partial charge >= 0.3 is 5.69 Å². The molecule has 0 aliphatic heterocycles. The van der Waals surface area contributed by atoms with E-state index in [1.54, 1.807) is 29.1 Å². The van der Waals surface area contributed by atoms with Crippen molar-refractivity contribution in [3.8, 4) is 5.69 Å². The van der Waals surface area contributed by atoms with Crippen LogP contribution in [0.1, 0.15) is 49.4 Å². The van der Waals surface area contributed by atoms with E-state index in [2.05, 4.69) is 18.8 Å². The zero-order valence-corrected chi connectivity index (χ0v) is 20.4. The van der Waals surface area contributed by atoms with E-state index >= 15 is 0 Å². The Morgan fingerprint density at radius 3 is 2.17 bits per heavy atom. The first kappa shape index (κ1) is 23.5. The Bertz CT molecular complexity index is 1650. The molecule has 0 aliphatic carbocycles. The predicted octanol–water partition coefficient (Wildman–Crippen LogP) is 5.27. The van der Waals surface area contributed by atoms with Crippen LogP contribution in [0.2, 0.25) is 0 Å². The molecule has 5 rings (SSSR count). The molecule has 0 fully saturated rings. The summed E-state index contributed by atoms with van der Waals surface area (Å²) in [4.78, 5) is 32.0. The van der Waals surface area contributed by atoms with Crippen molar-refractivity contribution in [1.29, 1.82) is 0 Å². The second-order valence-corrected chi connectivity index (χ2v) is 9.26. The third-order valence-corrected chi connectivity index (χ3v) is 6.66. The third kappa shape index (κ3) is 4.06. The standard InChI is InChI=1S/C29H27FN4O2/c1-19(2)21-13-15-24(16-14-21)34-27-26(33(18-31-27)20(3)22-9-5-4-6-10-22)28(35)32(29(34)36)17-23-11-7-8-12-25(23)30/h4-16,18-20H,17H2,1-3H3/t20-/m1/s1. The summed E-state index contributed by atoms with van der Waals surface area (Å²) in [6.07, 6.45) is 1.59. The molecule has 36 heavy (non-hydrogen) atoms. The monoisotopic (exact) mass is 482 g/mol. The number of nitrogens with zero attached hydrogens (tertiary/aromatic N) is 4. The number of fused-ring (bicyclic) bond motifs is 1. The van der Waals surface area contributed by atoms with Crippen LogP contribution >= 0.6 is 0 Å². The highest BCUT2D eigenvalue weighted by molar-refractivity contribution is 5.73. The topological polar surface area (TPSA) is 61.8 Å². The summed E-state index contributed by atoms with van der Waals surface area (Å²) in [5.74, 6) is -0.139. The second kappa shape index (κ2) is 9.41. The van der Waals surface area contributed by atoms with Crippen molar-refractivity contribution in [2.24, 2.45) is 0 Å². The van der Waals surface area contributed by atoms with Crippen molar-refractivity contribution in [1.82, 2.24) is 18.7 Å². The van der Waals surface area contributed by atoms with Gasteiger partial charge in [-0.25, -0.2) is 18.7 Å². The summed E-state index contributed by atoms with van der Waals surface area (Å²) in [5, 5.41) is 0. The van der Waals surface area contributed by atoms with Gasteiger partial charge in [0.2, 0.25) is 0 Å².